The minimum absolute atomic E-state index is 0.0362. The maximum atomic E-state index is 13.2. The molecule has 1 amide bonds. The van der Waals surface area contributed by atoms with E-state index >= 15 is 0 Å². The molecular formula is C29H28N2O5. The smallest absolute Gasteiger partial charge is 0.295 e. The number of aryl methyl sites for hydroxylation is 1. The molecule has 1 aromatic heterocycles. The van der Waals surface area contributed by atoms with Crippen LogP contribution in [0, 0.1) is 6.92 Å². The second kappa shape index (κ2) is 10.3. The zero-order chi connectivity index (χ0) is 25.1. The summed E-state index contributed by atoms with van der Waals surface area (Å²) in [6.45, 7) is 3.21. The highest BCUT2D eigenvalue weighted by atomic mass is 16.5. The molecular weight excluding hydrogens is 456 g/mol. The van der Waals surface area contributed by atoms with Gasteiger partial charge in [0, 0.05) is 24.9 Å². The molecule has 0 saturated carbocycles. The Hall–Kier alpha value is -3.97. The summed E-state index contributed by atoms with van der Waals surface area (Å²) in [5, 5.41) is 11.3. The molecule has 2 aliphatic heterocycles. The summed E-state index contributed by atoms with van der Waals surface area (Å²) in [6, 6.07) is 19.6. The molecule has 184 valence electrons. The summed E-state index contributed by atoms with van der Waals surface area (Å²) in [7, 11) is 0. The zero-order valence-electron chi connectivity index (χ0n) is 20.1. The van der Waals surface area contributed by atoms with Crippen LogP contribution in [-0.4, -0.2) is 45.9 Å². The number of carbonyl (C=O) groups excluding carboxylic acids is 2. The maximum absolute atomic E-state index is 13.2. The van der Waals surface area contributed by atoms with Gasteiger partial charge in [0.25, 0.3) is 11.7 Å². The van der Waals surface area contributed by atoms with Crippen molar-refractivity contribution in [1.82, 2.24) is 9.88 Å². The second-order valence-corrected chi connectivity index (χ2v) is 9.10. The number of aromatic nitrogens is 1. The fraction of sp³-hybridized carbons (Fsp3) is 0.276. The maximum Gasteiger partial charge on any atom is 0.295 e. The Morgan fingerprint density at radius 2 is 1.92 bits per heavy atom. The minimum Gasteiger partial charge on any atom is -0.507 e. The largest absolute Gasteiger partial charge is 0.507 e. The van der Waals surface area contributed by atoms with Gasteiger partial charge in [0.05, 0.1) is 17.4 Å². The van der Waals surface area contributed by atoms with Crippen LogP contribution >= 0.6 is 0 Å². The Bertz CT molecular complexity index is 1280. The molecule has 7 nitrogen and oxygen atoms in total. The van der Waals surface area contributed by atoms with Crippen molar-refractivity contribution in [2.45, 2.75) is 38.5 Å². The topological polar surface area (TPSA) is 89.0 Å². The van der Waals surface area contributed by atoms with Gasteiger partial charge in [-0.3, -0.25) is 14.6 Å². The van der Waals surface area contributed by atoms with Crippen molar-refractivity contribution >= 4 is 17.4 Å². The van der Waals surface area contributed by atoms with Gasteiger partial charge in [-0.1, -0.05) is 36.4 Å². The summed E-state index contributed by atoms with van der Waals surface area (Å²) in [5.41, 5.74) is 2.85. The SMILES string of the molecule is Cc1cc(/C(O)=C2/C(=O)C(=O)N(CC3CCCO3)C2c2ccccn2)ccc1OCc1ccccc1. The Kier molecular flexibility index (Phi) is 6.82. The molecule has 36 heavy (non-hydrogen) atoms. The highest BCUT2D eigenvalue weighted by Crippen LogP contribution is 2.39. The normalized spacial score (nSPS) is 21.2. The molecule has 3 aromatic rings. The number of pyridine rings is 1. The van der Waals surface area contributed by atoms with Crippen LogP contribution < -0.4 is 4.74 Å². The van der Waals surface area contributed by atoms with Crippen LogP contribution in [0.15, 0.2) is 78.5 Å². The fourth-order valence-corrected chi connectivity index (χ4v) is 4.77. The number of aliphatic hydroxyl groups is 1. The third-order valence-corrected chi connectivity index (χ3v) is 6.62. The van der Waals surface area contributed by atoms with E-state index in [1.165, 1.54) is 4.90 Å². The minimum atomic E-state index is -0.787. The van der Waals surface area contributed by atoms with Gasteiger partial charge in [0.2, 0.25) is 0 Å². The van der Waals surface area contributed by atoms with Crippen molar-refractivity contribution in [3.8, 4) is 5.75 Å². The number of amides is 1. The quantitative estimate of drug-likeness (QED) is 0.300. The van der Waals surface area contributed by atoms with Gasteiger partial charge in [-0.15, -0.1) is 0 Å². The molecule has 3 heterocycles. The van der Waals surface area contributed by atoms with Gasteiger partial charge < -0.3 is 19.5 Å². The van der Waals surface area contributed by atoms with Crippen LogP contribution in [0.25, 0.3) is 5.76 Å². The number of nitrogens with zero attached hydrogens (tertiary/aromatic N) is 2. The number of ketones is 1. The van der Waals surface area contributed by atoms with Crippen LogP contribution in [0.3, 0.4) is 0 Å². The van der Waals surface area contributed by atoms with Crippen molar-refractivity contribution in [1.29, 1.82) is 0 Å². The number of benzene rings is 2. The van der Waals surface area contributed by atoms with Crippen molar-refractivity contribution in [2.75, 3.05) is 13.2 Å². The number of rotatable bonds is 7. The average Bonchev–Trinajstić information content (AvgIpc) is 3.51. The molecule has 0 bridgehead atoms. The molecule has 0 radical (unpaired) electrons. The first kappa shape index (κ1) is 23.8. The molecule has 2 atom stereocenters. The molecule has 2 fully saturated rings. The lowest BCUT2D eigenvalue weighted by atomic mass is 9.97. The monoisotopic (exact) mass is 484 g/mol. The number of aliphatic hydroxyl groups excluding tert-OH is 1. The lowest BCUT2D eigenvalue weighted by molar-refractivity contribution is -0.140. The van der Waals surface area contributed by atoms with Crippen molar-refractivity contribution in [3.05, 3.63) is 101 Å². The van der Waals surface area contributed by atoms with Crippen LogP contribution in [-0.2, 0) is 20.9 Å². The van der Waals surface area contributed by atoms with Gasteiger partial charge in [-0.05, 0) is 61.2 Å². The third kappa shape index (κ3) is 4.75. The first-order valence-electron chi connectivity index (χ1n) is 12.1. The Balaban J connectivity index is 1.47. The lowest BCUT2D eigenvalue weighted by Crippen LogP contribution is -2.36. The summed E-state index contributed by atoms with van der Waals surface area (Å²) < 4.78 is 11.7. The fourth-order valence-electron chi connectivity index (χ4n) is 4.77. The molecule has 1 N–H and O–H groups in total. The third-order valence-electron chi connectivity index (χ3n) is 6.62. The van der Waals surface area contributed by atoms with Crippen LogP contribution in [0.2, 0.25) is 0 Å². The molecule has 0 aliphatic carbocycles. The molecule has 5 rings (SSSR count). The summed E-state index contributed by atoms with van der Waals surface area (Å²) in [6.07, 6.45) is 3.21. The van der Waals surface area contributed by atoms with E-state index < -0.39 is 17.7 Å². The van der Waals surface area contributed by atoms with Crippen molar-refractivity contribution in [2.24, 2.45) is 0 Å². The first-order valence-corrected chi connectivity index (χ1v) is 12.1. The number of hydrogen-bond donors (Lipinski definition) is 1. The average molecular weight is 485 g/mol. The number of Topliss-reactive ketones (excluding diaryl/α,β-unsaturated/α-hetero) is 1. The predicted octanol–water partition coefficient (Wildman–Crippen LogP) is 4.57. The molecule has 2 unspecified atom stereocenters. The van der Waals surface area contributed by atoms with Gasteiger partial charge in [0.1, 0.15) is 24.2 Å². The van der Waals surface area contributed by atoms with E-state index in [2.05, 4.69) is 4.98 Å². The highest BCUT2D eigenvalue weighted by molar-refractivity contribution is 6.46. The van der Waals surface area contributed by atoms with E-state index in [1.54, 1.807) is 42.6 Å². The second-order valence-electron chi connectivity index (χ2n) is 9.10. The Morgan fingerprint density at radius 3 is 2.61 bits per heavy atom. The highest BCUT2D eigenvalue weighted by Gasteiger charge is 2.47. The number of hydrogen-bond acceptors (Lipinski definition) is 6. The summed E-state index contributed by atoms with van der Waals surface area (Å²) in [5.74, 6) is -0.919. The molecule has 0 spiro atoms. The standard InChI is InChI=1S/C29H28N2O5/c1-19-16-21(12-13-24(19)36-18-20-8-3-2-4-9-20)27(32)25-26(23-11-5-6-14-30-23)31(29(34)28(25)33)17-22-10-7-15-35-22/h2-6,8-9,11-14,16,22,26,32H,7,10,15,17-18H2,1H3/b27-25-. The number of carbonyl (C=O) groups is 2. The van der Waals surface area contributed by atoms with E-state index in [0.717, 1.165) is 24.0 Å². The van der Waals surface area contributed by atoms with E-state index in [9.17, 15) is 14.7 Å². The van der Waals surface area contributed by atoms with E-state index in [-0.39, 0.29) is 24.0 Å². The molecule has 7 heteroatoms. The van der Waals surface area contributed by atoms with Gasteiger partial charge in [-0.2, -0.15) is 0 Å². The van der Waals surface area contributed by atoms with Crippen molar-refractivity contribution < 1.29 is 24.2 Å². The van der Waals surface area contributed by atoms with Gasteiger partial charge in [0.15, 0.2) is 0 Å². The summed E-state index contributed by atoms with van der Waals surface area (Å²) in [4.78, 5) is 32.2. The zero-order valence-corrected chi connectivity index (χ0v) is 20.1. The Labute approximate surface area is 210 Å². The molecule has 2 saturated heterocycles. The van der Waals surface area contributed by atoms with Gasteiger partial charge in [-0.25, -0.2) is 0 Å². The van der Waals surface area contributed by atoms with E-state index in [0.29, 0.717) is 30.2 Å². The number of likely N-dealkylation sites (tertiary alicyclic amines) is 1. The first-order chi connectivity index (χ1) is 17.5. The molecule has 2 aliphatic rings. The van der Waals surface area contributed by atoms with E-state index in [4.69, 9.17) is 9.47 Å². The predicted molar refractivity (Wildman–Crippen MR) is 134 cm³/mol. The van der Waals surface area contributed by atoms with Crippen LogP contribution in [0.4, 0.5) is 0 Å². The molecule has 2 aromatic carbocycles. The van der Waals surface area contributed by atoms with Crippen molar-refractivity contribution in [3.63, 3.8) is 0 Å². The van der Waals surface area contributed by atoms with Crippen LogP contribution in [0.5, 0.6) is 5.75 Å². The van der Waals surface area contributed by atoms with Gasteiger partial charge >= 0.3 is 0 Å². The van der Waals surface area contributed by atoms with E-state index in [1.807, 2.05) is 37.3 Å². The summed E-state index contributed by atoms with van der Waals surface area (Å²) >= 11 is 0. The van der Waals surface area contributed by atoms with Crippen LogP contribution in [0.1, 0.15) is 41.3 Å². The Morgan fingerprint density at radius 1 is 1.11 bits per heavy atom. The number of ether oxygens (including phenoxy) is 2. The lowest BCUT2D eigenvalue weighted by Gasteiger charge is -2.26.